The summed E-state index contributed by atoms with van der Waals surface area (Å²) in [5.41, 5.74) is 15.6. The molecule has 216 valence electrons. The first-order chi connectivity index (χ1) is 22.0. The summed E-state index contributed by atoms with van der Waals surface area (Å²) in [6, 6.07) is 48.9. The lowest BCUT2D eigenvalue weighted by Crippen LogP contribution is -1.91. The molecule has 3 heteroatoms. The van der Waals surface area contributed by atoms with E-state index in [1.54, 1.807) is 0 Å². The highest BCUT2D eigenvalue weighted by Crippen LogP contribution is 2.40. The number of nitrogens with zero attached hydrogens (tertiary/aromatic N) is 2. The number of rotatable bonds is 6. The van der Waals surface area contributed by atoms with E-state index in [2.05, 4.69) is 127 Å². The van der Waals surface area contributed by atoms with Gasteiger partial charge >= 0.3 is 0 Å². The third-order valence-corrected chi connectivity index (χ3v) is 8.40. The maximum Gasteiger partial charge on any atom is 0.0701 e. The Bertz CT molecular complexity index is 1950. The Kier molecular flexibility index (Phi) is 7.82. The molecule has 0 saturated carbocycles. The van der Waals surface area contributed by atoms with E-state index in [-0.39, 0.29) is 0 Å². The van der Waals surface area contributed by atoms with Gasteiger partial charge in [-0.3, -0.25) is 9.97 Å². The van der Waals surface area contributed by atoms with Crippen LogP contribution in [0.15, 0.2) is 152 Å². The summed E-state index contributed by atoms with van der Waals surface area (Å²) < 4.78 is 0. The first-order valence-corrected chi connectivity index (χ1v) is 15.5. The lowest BCUT2D eigenvalue weighted by Gasteiger charge is -2.16. The monoisotopic (exact) mass is 598 g/mol. The normalized spacial score (nSPS) is 11.0. The largest absolute Gasteiger partial charge is 0.256 e. The van der Waals surface area contributed by atoms with Crippen molar-refractivity contribution >= 4 is 11.6 Å². The lowest BCUT2D eigenvalue weighted by atomic mass is 9.88. The number of hydrogen-bond acceptors (Lipinski definition) is 2. The highest BCUT2D eigenvalue weighted by Gasteiger charge is 2.14. The Morgan fingerprint density at radius 2 is 0.800 bits per heavy atom. The highest BCUT2D eigenvalue weighted by molar-refractivity contribution is 6.31. The van der Waals surface area contributed by atoms with Gasteiger partial charge in [0.05, 0.1) is 11.4 Å². The Morgan fingerprint density at radius 1 is 0.378 bits per heavy atom. The van der Waals surface area contributed by atoms with Gasteiger partial charge in [0.25, 0.3) is 0 Å². The van der Waals surface area contributed by atoms with Crippen molar-refractivity contribution in [1.82, 2.24) is 9.97 Å². The van der Waals surface area contributed by atoms with Crippen LogP contribution in [0.1, 0.15) is 11.1 Å². The Hall–Kier alpha value is -5.31. The minimum Gasteiger partial charge on any atom is -0.256 e. The van der Waals surface area contributed by atoms with E-state index in [4.69, 9.17) is 11.6 Å². The Balaban J connectivity index is 1.29. The number of pyridine rings is 2. The Labute approximate surface area is 269 Å². The van der Waals surface area contributed by atoms with Gasteiger partial charge in [-0.1, -0.05) is 120 Å². The van der Waals surface area contributed by atoms with E-state index in [1.807, 2.05) is 48.8 Å². The van der Waals surface area contributed by atoms with E-state index >= 15 is 0 Å². The second-order valence-electron chi connectivity index (χ2n) is 11.4. The van der Waals surface area contributed by atoms with Gasteiger partial charge in [0.15, 0.2) is 0 Å². The fourth-order valence-electron chi connectivity index (χ4n) is 5.91. The average Bonchev–Trinajstić information content (AvgIpc) is 3.09. The van der Waals surface area contributed by atoms with Gasteiger partial charge in [0.1, 0.15) is 0 Å². The lowest BCUT2D eigenvalue weighted by molar-refractivity contribution is 1.33. The van der Waals surface area contributed by atoms with Crippen molar-refractivity contribution in [3.05, 3.63) is 168 Å². The summed E-state index contributed by atoms with van der Waals surface area (Å²) in [6.07, 6.45) is 3.66. The van der Waals surface area contributed by atoms with Crippen LogP contribution >= 0.6 is 11.6 Å². The van der Waals surface area contributed by atoms with Crippen molar-refractivity contribution in [3.8, 4) is 67.0 Å². The van der Waals surface area contributed by atoms with Crippen LogP contribution in [0, 0.1) is 13.8 Å². The molecule has 0 radical (unpaired) electrons. The van der Waals surface area contributed by atoms with Crippen molar-refractivity contribution in [2.45, 2.75) is 13.8 Å². The van der Waals surface area contributed by atoms with Crippen LogP contribution in [0.2, 0.25) is 5.02 Å². The fourth-order valence-corrected chi connectivity index (χ4v) is 6.14. The maximum atomic E-state index is 6.87. The first-order valence-electron chi connectivity index (χ1n) is 15.1. The molecule has 5 aromatic carbocycles. The maximum absolute atomic E-state index is 6.87. The zero-order valence-electron chi connectivity index (χ0n) is 25.2. The molecule has 2 nitrogen and oxygen atoms in total. The summed E-state index contributed by atoms with van der Waals surface area (Å²) in [6.45, 7) is 4.27. The molecule has 2 heterocycles. The molecule has 0 spiro atoms. The van der Waals surface area contributed by atoms with Crippen molar-refractivity contribution in [3.63, 3.8) is 0 Å². The number of aryl methyl sites for hydroxylation is 2. The second-order valence-corrected chi connectivity index (χ2v) is 11.8. The van der Waals surface area contributed by atoms with E-state index in [1.165, 1.54) is 22.3 Å². The van der Waals surface area contributed by atoms with Gasteiger partial charge < -0.3 is 0 Å². The van der Waals surface area contributed by atoms with Crippen molar-refractivity contribution in [2.24, 2.45) is 0 Å². The third-order valence-electron chi connectivity index (χ3n) is 8.18. The van der Waals surface area contributed by atoms with Crippen LogP contribution in [0.5, 0.6) is 0 Å². The van der Waals surface area contributed by atoms with Gasteiger partial charge in [0.2, 0.25) is 0 Å². The minimum absolute atomic E-state index is 0.705. The molecule has 0 saturated heterocycles. The molecule has 7 aromatic rings. The smallest absolute Gasteiger partial charge is 0.0701 e. The van der Waals surface area contributed by atoms with Crippen LogP contribution in [-0.2, 0) is 0 Å². The standard InChI is InChI=1S/C42H31ClN2/c1-28-9-19-37(39(23-28)30-11-15-32(16-12-30)41-7-3-5-21-44-41)34-25-35(27-36(43)26-34)38-20-10-29(2)24-40(38)31-13-17-33(18-14-31)42-8-4-6-22-45-42/h3-27H,1-2H3. The number of aromatic nitrogens is 2. The van der Waals surface area contributed by atoms with Gasteiger partial charge in [0, 0.05) is 28.5 Å². The van der Waals surface area contributed by atoms with E-state index < -0.39 is 0 Å². The van der Waals surface area contributed by atoms with Gasteiger partial charge in [-0.2, -0.15) is 0 Å². The first kappa shape index (κ1) is 28.5. The summed E-state index contributed by atoms with van der Waals surface area (Å²) in [7, 11) is 0. The Morgan fingerprint density at radius 3 is 1.20 bits per heavy atom. The zero-order valence-corrected chi connectivity index (χ0v) is 26.0. The molecule has 0 atom stereocenters. The van der Waals surface area contributed by atoms with Crippen molar-refractivity contribution in [1.29, 1.82) is 0 Å². The predicted molar refractivity (Wildman–Crippen MR) is 189 cm³/mol. The van der Waals surface area contributed by atoms with Crippen LogP contribution in [0.3, 0.4) is 0 Å². The molecule has 0 aliphatic rings. The van der Waals surface area contributed by atoms with Crippen LogP contribution < -0.4 is 0 Å². The molecule has 0 bridgehead atoms. The topological polar surface area (TPSA) is 25.8 Å². The van der Waals surface area contributed by atoms with E-state index in [0.717, 1.165) is 55.9 Å². The minimum atomic E-state index is 0.705. The third kappa shape index (κ3) is 6.06. The highest BCUT2D eigenvalue weighted by atomic mass is 35.5. The summed E-state index contributed by atoms with van der Waals surface area (Å²) in [5.74, 6) is 0. The van der Waals surface area contributed by atoms with E-state index in [9.17, 15) is 0 Å². The number of benzene rings is 5. The quantitative estimate of drug-likeness (QED) is 0.190. The van der Waals surface area contributed by atoms with E-state index in [0.29, 0.717) is 5.02 Å². The summed E-state index contributed by atoms with van der Waals surface area (Å²) in [5, 5.41) is 0.705. The molecule has 0 aliphatic carbocycles. The number of halogens is 1. The molecule has 0 aliphatic heterocycles. The van der Waals surface area contributed by atoms with Crippen LogP contribution in [-0.4, -0.2) is 9.97 Å². The van der Waals surface area contributed by atoms with Gasteiger partial charge in [-0.25, -0.2) is 0 Å². The fraction of sp³-hybridized carbons (Fsp3) is 0.0476. The van der Waals surface area contributed by atoms with Gasteiger partial charge in [-0.05, 0) is 101 Å². The van der Waals surface area contributed by atoms with Gasteiger partial charge in [-0.15, -0.1) is 0 Å². The second kappa shape index (κ2) is 12.4. The summed E-state index contributed by atoms with van der Waals surface area (Å²) in [4.78, 5) is 9.03. The molecule has 45 heavy (non-hydrogen) atoms. The molecule has 0 N–H and O–H groups in total. The molecule has 0 unspecified atom stereocenters. The van der Waals surface area contributed by atoms with Crippen LogP contribution in [0.25, 0.3) is 67.0 Å². The number of hydrogen-bond donors (Lipinski definition) is 0. The molecular formula is C42H31ClN2. The molecule has 0 amide bonds. The predicted octanol–water partition coefficient (Wildman–Crippen LogP) is 11.7. The van der Waals surface area contributed by atoms with Crippen LogP contribution in [0.4, 0.5) is 0 Å². The summed E-state index contributed by atoms with van der Waals surface area (Å²) >= 11 is 6.87. The molecular weight excluding hydrogens is 568 g/mol. The molecule has 2 aromatic heterocycles. The molecule has 7 rings (SSSR count). The molecule has 0 fully saturated rings. The SMILES string of the molecule is Cc1ccc(-c2cc(Cl)cc(-c3ccc(C)cc3-c3ccc(-c4ccccn4)cc3)c2)c(-c2ccc(-c3ccccn3)cc2)c1. The average molecular weight is 599 g/mol. The zero-order chi connectivity index (χ0) is 30.8. The van der Waals surface area contributed by atoms with Crippen molar-refractivity contribution < 1.29 is 0 Å². The van der Waals surface area contributed by atoms with Crippen molar-refractivity contribution in [2.75, 3.05) is 0 Å².